The van der Waals surface area contributed by atoms with E-state index < -0.39 is 5.82 Å². The monoisotopic (exact) mass is 313 g/mol. The van der Waals surface area contributed by atoms with Crippen LogP contribution in [0.1, 0.15) is 5.56 Å². The van der Waals surface area contributed by atoms with E-state index in [2.05, 4.69) is 15.9 Å². The summed E-state index contributed by atoms with van der Waals surface area (Å²) in [7, 11) is 0. The highest BCUT2D eigenvalue weighted by Crippen LogP contribution is 2.28. The van der Waals surface area contributed by atoms with Crippen LogP contribution in [0.2, 0.25) is 0 Å². The Labute approximate surface area is 112 Å². The van der Waals surface area contributed by atoms with Crippen LogP contribution in [0.15, 0.2) is 40.9 Å². The van der Waals surface area contributed by atoms with E-state index in [1.807, 2.05) is 0 Å². The molecule has 5 heteroatoms. The number of nitrogen functional groups attached to an aromatic ring is 1. The number of benzene rings is 2. The summed E-state index contributed by atoms with van der Waals surface area (Å²) in [4.78, 5) is 0. The molecule has 0 aliphatic rings. The molecule has 0 aliphatic heterocycles. The Morgan fingerprint density at radius 2 is 1.78 bits per heavy atom. The summed E-state index contributed by atoms with van der Waals surface area (Å²) < 4.78 is 31.7. The average molecular weight is 314 g/mol. The Morgan fingerprint density at radius 3 is 2.44 bits per heavy atom. The second kappa shape index (κ2) is 5.35. The predicted molar refractivity (Wildman–Crippen MR) is 69.2 cm³/mol. The normalized spacial score (nSPS) is 10.4. The summed E-state index contributed by atoms with van der Waals surface area (Å²) in [5.74, 6) is -0.494. The summed E-state index contributed by atoms with van der Waals surface area (Å²) in [6.07, 6.45) is 0. The summed E-state index contributed by atoms with van der Waals surface area (Å²) >= 11 is 3.03. The fourth-order valence-electron chi connectivity index (χ4n) is 1.41. The molecule has 0 aromatic heterocycles. The van der Waals surface area contributed by atoms with Crippen LogP contribution >= 0.6 is 15.9 Å². The zero-order chi connectivity index (χ0) is 13.1. The number of ether oxygens (including phenoxy) is 1. The molecule has 0 saturated carbocycles. The van der Waals surface area contributed by atoms with Gasteiger partial charge >= 0.3 is 0 Å². The third-order valence-corrected chi connectivity index (χ3v) is 2.97. The molecule has 0 bridgehead atoms. The van der Waals surface area contributed by atoms with Gasteiger partial charge in [0.25, 0.3) is 0 Å². The van der Waals surface area contributed by atoms with Gasteiger partial charge in [-0.1, -0.05) is 12.1 Å². The fourth-order valence-corrected chi connectivity index (χ4v) is 1.77. The minimum Gasteiger partial charge on any atom is -0.487 e. The van der Waals surface area contributed by atoms with Gasteiger partial charge in [0, 0.05) is 6.07 Å². The minimum atomic E-state index is -0.446. The minimum absolute atomic E-state index is 0.200. The van der Waals surface area contributed by atoms with E-state index >= 15 is 0 Å². The van der Waals surface area contributed by atoms with Gasteiger partial charge in [0.05, 0.1) is 10.2 Å². The van der Waals surface area contributed by atoms with Crippen LogP contribution < -0.4 is 10.5 Å². The van der Waals surface area contributed by atoms with Crippen molar-refractivity contribution in [1.29, 1.82) is 0 Å². The van der Waals surface area contributed by atoms with Crippen molar-refractivity contribution in [2.75, 3.05) is 5.73 Å². The van der Waals surface area contributed by atoms with Crippen molar-refractivity contribution in [3.63, 3.8) is 0 Å². The number of hydrogen-bond acceptors (Lipinski definition) is 2. The molecule has 0 unspecified atom stereocenters. The first kappa shape index (κ1) is 12.8. The molecule has 0 heterocycles. The molecule has 2 aromatic rings. The van der Waals surface area contributed by atoms with E-state index in [1.165, 1.54) is 24.3 Å². The zero-order valence-corrected chi connectivity index (χ0v) is 10.9. The van der Waals surface area contributed by atoms with Gasteiger partial charge in [-0.3, -0.25) is 0 Å². The van der Waals surface area contributed by atoms with E-state index in [0.717, 1.165) is 5.56 Å². The third kappa shape index (κ3) is 2.98. The van der Waals surface area contributed by atoms with E-state index in [9.17, 15) is 8.78 Å². The largest absolute Gasteiger partial charge is 0.487 e. The number of nitrogens with two attached hydrogens (primary N) is 1. The number of hydrogen-bond donors (Lipinski definition) is 1. The molecule has 0 aliphatic carbocycles. The quantitative estimate of drug-likeness (QED) is 0.873. The van der Waals surface area contributed by atoms with Crippen molar-refractivity contribution in [3.8, 4) is 5.75 Å². The van der Waals surface area contributed by atoms with Crippen LogP contribution in [-0.2, 0) is 6.61 Å². The molecule has 2 N–H and O–H groups in total. The van der Waals surface area contributed by atoms with Crippen molar-refractivity contribution in [1.82, 2.24) is 0 Å². The van der Waals surface area contributed by atoms with Gasteiger partial charge in [0.15, 0.2) is 0 Å². The maximum absolute atomic E-state index is 13.3. The molecule has 0 saturated heterocycles. The van der Waals surface area contributed by atoms with Gasteiger partial charge in [0.1, 0.15) is 24.0 Å². The molecule has 2 rings (SSSR count). The SMILES string of the molecule is Nc1cc(Br)c(F)cc1OCc1ccc(F)cc1. The van der Waals surface area contributed by atoms with Crippen LogP contribution in [0, 0.1) is 11.6 Å². The lowest BCUT2D eigenvalue weighted by molar-refractivity contribution is 0.306. The van der Waals surface area contributed by atoms with Gasteiger partial charge in [-0.15, -0.1) is 0 Å². The maximum atomic E-state index is 13.3. The van der Waals surface area contributed by atoms with Crippen LogP contribution in [0.4, 0.5) is 14.5 Å². The number of halogens is 3. The predicted octanol–water partition coefficient (Wildman–Crippen LogP) is 3.89. The van der Waals surface area contributed by atoms with E-state index in [0.29, 0.717) is 5.69 Å². The van der Waals surface area contributed by atoms with Gasteiger partial charge < -0.3 is 10.5 Å². The van der Waals surface area contributed by atoms with Crippen molar-refractivity contribution in [3.05, 3.63) is 58.1 Å². The smallest absolute Gasteiger partial charge is 0.145 e. The lowest BCUT2D eigenvalue weighted by atomic mass is 10.2. The van der Waals surface area contributed by atoms with Gasteiger partial charge in [-0.25, -0.2) is 8.78 Å². The average Bonchev–Trinajstić information content (AvgIpc) is 2.34. The number of anilines is 1. The first-order chi connectivity index (χ1) is 8.56. The fraction of sp³-hybridized carbons (Fsp3) is 0.0769. The Hall–Kier alpha value is -1.62. The molecular formula is C13H10BrF2NO. The van der Waals surface area contributed by atoms with Crippen LogP contribution in [0.3, 0.4) is 0 Å². The van der Waals surface area contributed by atoms with Gasteiger partial charge in [0.2, 0.25) is 0 Å². The molecule has 0 atom stereocenters. The molecular weight excluding hydrogens is 304 g/mol. The van der Waals surface area contributed by atoms with Crippen molar-refractivity contribution in [2.24, 2.45) is 0 Å². The third-order valence-electron chi connectivity index (χ3n) is 2.36. The Morgan fingerprint density at radius 1 is 1.11 bits per heavy atom. The van der Waals surface area contributed by atoms with E-state index in [4.69, 9.17) is 10.5 Å². The highest BCUT2D eigenvalue weighted by atomic mass is 79.9. The second-order valence-electron chi connectivity index (χ2n) is 3.72. The van der Waals surface area contributed by atoms with E-state index in [1.54, 1.807) is 12.1 Å². The maximum Gasteiger partial charge on any atom is 0.145 e. The lowest BCUT2D eigenvalue weighted by Crippen LogP contribution is -1.99. The molecule has 2 nitrogen and oxygen atoms in total. The Balaban J connectivity index is 2.10. The van der Waals surface area contributed by atoms with Crippen LogP contribution in [0.25, 0.3) is 0 Å². The van der Waals surface area contributed by atoms with Gasteiger partial charge in [-0.2, -0.15) is 0 Å². The topological polar surface area (TPSA) is 35.2 Å². The number of rotatable bonds is 3. The summed E-state index contributed by atoms with van der Waals surface area (Å²) in [6, 6.07) is 8.52. The highest BCUT2D eigenvalue weighted by molar-refractivity contribution is 9.10. The summed E-state index contributed by atoms with van der Waals surface area (Å²) in [5, 5.41) is 0. The summed E-state index contributed by atoms with van der Waals surface area (Å²) in [6.45, 7) is 0.200. The summed E-state index contributed by atoms with van der Waals surface area (Å²) in [5.41, 5.74) is 6.81. The zero-order valence-electron chi connectivity index (χ0n) is 9.29. The van der Waals surface area contributed by atoms with E-state index in [-0.39, 0.29) is 22.6 Å². The molecule has 0 spiro atoms. The van der Waals surface area contributed by atoms with Crippen LogP contribution in [-0.4, -0.2) is 0 Å². The lowest BCUT2D eigenvalue weighted by Gasteiger charge is -2.09. The second-order valence-corrected chi connectivity index (χ2v) is 4.57. The Bertz CT molecular complexity index is 558. The van der Waals surface area contributed by atoms with Crippen molar-refractivity contribution < 1.29 is 13.5 Å². The molecule has 94 valence electrons. The standard InChI is InChI=1S/C13H10BrF2NO/c14-10-5-12(17)13(6-11(10)16)18-7-8-1-3-9(15)4-2-8/h1-6H,7,17H2. The molecule has 2 aromatic carbocycles. The van der Waals surface area contributed by atoms with Gasteiger partial charge in [-0.05, 0) is 39.7 Å². The first-order valence-electron chi connectivity index (χ1n) is 5.18. The highest BCUT2D eigenvalue weighted by Gasteiger charge is 2.07. The van der Waals surface area contributed by atoms with Crippen molar-refractivity contribution in [2.45, 2.75) is 6.61 Å². The first-order valence-corrected chi connectivity index (χ1v) is 5.97. The molecule has 0 radical (unpaired) electrons. The van der Waals surface area contributed by atoms with Crippen LogP contribution in [0.5, 0.6) is 5.75 Å². The van der Waals surface area contributed by atoms with Crippen molar-refractivity contribution >= 4 is 21.6 Å². The molecule has 18 heavy (non-hydrogen) atoms. The molecule has 0 fully saturated rings. The Kier molecular flexibility index (Phi) is 3.81. The molecule has 0 amide bonds.